The van der Waals surface area contributed by atoms with Gasteiger partial charge < -0.3 is 25.8 Å². The van der Waals surface area contributed by atoms with Gasteiger partial charge in [-0.3, -0.25) is 19.4 Å². The molecule has 1 saturated heterocycles. The Morgan fingerprint density at radius 1 is 1.14 bits per heavy atom. The second-order valence-corrected chi connectivity index (χ2v) is 12.2. The topological polar surface area (TPSA) is 152 Å². The van der Waals surface area contributed by atoms with Crippen LogP contribution in [0.5, 0.6) is 5.75 Å². The second-order valence-electron chi connectivity index (χ2n) is 12.2. The van der Waals surface area contributed by atoms with E-state index in [1.807, 2.05) is 12.1 Å². The number of amides is 4. The first-order chi connectivity index (χ1) is 19.5. The van der Waals surface area contributed by atoms with Crippen LogP contribution in [0.1, 0.15) is 73.8 Å². The summed E-state index contributed by atoms with van der Waals surface area (Å²) in [4.78, 5) is 48.5. The van der Waals surface area contributed by atoms with Crippen molar-refractivity contribution in [2.75, 3.05) is 13.2 Å². The van der Waals surface area contributed by atoms with Gasteiger partial charge in [0.05, 0.1) is 0 Å². The van der Waals surface area contributed by atoms with Crippen LogP contribution in [-0.2, 0) is 25.5 Å². The van der Waals surface area contributed by atoms with Crippen molar-refractivity contribution >= 4 is 23.8 Å². The highest BCUT2D eigenvalue weighted by atomic mass is 16.6. The van der Waals surface area contributed by atoms with E-state index in [2.05, 4.69) is 48.6 Å². The van der Waals surface area contributed by atoms with Crippen LogP contribution in [0.2, 0.25) is 0 Å². The summed E-state index contributed by atoms with van der Waals surface area (Å²) in [6, 6.07) is 5.93. The quantitative estimate of drug-likeness (QED) is 0.289. The van der Waals surface area contributed by atoms with E-state index in [1.54, 1.807) is 47.6 Å². The number of rotatable bonds is 11. The number of benzene rings is 1. The first-order valence-electron chi connectivity index (χ1n) is 14.5. The molecule has 3 unspecified atom stereocenters. The molecule has 0 saturated carbocycles. The summed E-state index contributed by atoms with van der Waals surface area (Å²) in [6.45, 7) is 19.3. The van der Waals surface area contributed by atoms with Gasteiger partial charge in [-0.05, 0) is 76.5 Å². The monoisotopic (exact) mass is 589 g/mol. The van der Waals surface area contributed by atoms with Gasteiger partial charge in [0.25, 0.3) is 5.91 Å². The molecule has 1 aromatic rings. The molecule has 0 aliphatic carbocycles. The lowest BCUT2D eigenvalue weighted by atomic mass is 10.0. The first kappa shape index (κ1) is 36.4. The van der Waals surface area contributed by atoms with Crippen LogP contribution in [0, 0.1) is 11.8 Å². The molecule has 11 heteroatoms. The summed E-state index contributed by atoms with van der Waals surface area (Å²) in [7, 11) is 0. The summed E-state index contributed by atoms with van der Waals surface area (Å²) < 4.78 is 10.7. The maximum absolute atomic E-state index is 12.6. The average molecular weight is 590 g/mol. The number of nitrogens with one attached hydrogen (secondary N) is 3. The van der Waals surface area contributed by atoms with E-state index in [-0.39, 0.29) is 11.8 Å². The Labute approximate surface area is 250 Å². The normalized spacial score (nSPS) is 16.4. The molecule has 42 heavy (non-hydrogen) atoms. The van der Waals surface area contributed by atoms with Crippen LogP contribution in [-0.4, -0.2) is 65.7 Å². The Balaban J connectivity index is 0.000000525. The smallest absolute Gasteiger partial charge is 0.408 e. The molecule has 2 rings (SSSR count). The molecule has 1 aromatic carbocycles. The fourth-order valence-electron chi connectivity index (χ4n) is 4.11. The number of nitrogens with zero attached hydrogens (tertiary/aromatic N) is 1. The Morgan fingerprint density at radius 2 is 1.81 bits per heavy atom. The zero-order chi connectivity index (χ0) is 32.0. The van der Waals surface area contributed by atoms with E-state index in [0.717, 1.165) is 12.2 Å². The molecule has 0 spiro atoms. The highest BCUT2D eigenvalue weighted by molar-refractivity contribution is 5.91. The number of carbonyl (C=O) groups is 4. The number of ether oxygens (including phenoxy) is 2. The number of nitrogens with two attached hydrogens (primary N) is 1. The molecule has 1 heterocycles. The van der Waals surface area contributed by atoms with Gasteiger partial charge in [-0.2, -0.15) is 0 Å². The number of hydrazine groups is 1. The third-order valence-electron chi connectivity index (χ3n) is 6.06. The van der Waals surface area contributed by atoms with Crippen molar-refractivity contribution in [1.29, 1.82) is 0 Å². The van der Waals surface area contributed by atoms with Crippen molar-refractivity contribution < 1.29 is 28.7 Å². The van der Waals surface area contributed by atoms with Crippen LogP contribution < -0.4 is 26.5 Å². The molecule has 236 valence electrons. The van der Waals surface area contributed by atoms with Crippen molar-refractivity contribution in [3.05, 3.63) is 42.5 Å². The Bertz CT molecular complexity index is 1050. The zero-order valence-corrected chi connectivity index (χ0v) is 26.5. The molecule has 0 aromatic heterocycles. The number of alkyl carbamates (subject to hydrolysis) is 1. The van der Waals surface area contributed by atoms with E-state index in [9.17, 15) is 19.2 Å². The van der Waals surface area contributed by atoms with Crippen molar-refractivity contribution in [2.45, 2.75) is 98.4 Å². The van der Waals surface area contributed by atoms with E-state index >= 15 is 0 Å². The number of primary amides is 1. The molecule has 1 aliphatic rings. The minimum absolute atomic E-state index is 0.220. The van der Waals surface area contributed by atoms with Gasteiger partial charge in [0.2, 0.25) is 11.8 Å². The minimum atomic E-state index is -0.863. The molecule has 0 bridgehead atoms. The lowest BCUT2D eigenvalue weighted by Crippen LogP contribution is -2.61. The molecule has 11 nitrogen and oxygen atoms in total. The highest BCUT2D eigenvalue weighted by Crippen LogP contribution is 2.16. The standard InChI is InChI=1S/C18H33N5O5.C13H18O/c1-10(2)13(21-17(27)28-18(4,5)6)15(25)20-11(3)16(26)23-9-7-8-12(22-23)14(19)24;1-4-8-14-13-7-5-6-12(10-13)9-11(2)3/h10-13,22H,7-9H2,1-6H3,(H2,19,24)(H,20,25)(H,21,27);4-7,10-11H,1,8-9H2,2-3H3. The van der Waals surface area contributed by atoms with E-state index in [1.165, 1.54) is 10.6 Å². The zero-order valence-electron chi connectivity index (χ0n) is 26.5. The van der Waals surface area contributed by atoms with Crippen LogP contribution in [0.25, 0.3) is 0 Å². The summed E-state index contributed by atoms with van der Waals surface area (Å²) in [5, 5.41) is 6.46. The van der Waals surface area contributed by atoms with E-state index in [4.69, 9.17) is 15.2 Å². The van der Waals surface area contributed by atoms with Crippen LogP contribution in [0.15, 0.2) is 36.9 Å². The minimum Gasteiger partial charge on any atom is -0.490 e. The predicted octanol–water partition coefficient (Wildman–Crippen LogP) is 3.47. The summed E-state index contributed by atoms with van der Waals surface area (Å²) in [5.74, 6) is -0.0188. The van der Waals surface area contributed by atoms with Gasteiger partial charge in [0, 0.05) is 6.54 Å². The Morgan fingerprint density at radius 3 is 2.36 bits per heavy atom. The number of hydrogen-bond donors (Lipinski definition) is 4. The average Bonchev–Trinajstić information content (AvgIpc) is 2.89. The lowest BCUT2D eigenvalue weighted by molar-refractivity contribution is -0.142. The van der Waals surface area contributed by atoms with Crippen LogP contribution in [0.4, 0.5) is 4.79 Å². The lowest BCUT2D eigenvalue weighted by Gasteiger charge is -2.34. The van der Waals surface area contributed by atoms with Crippen molar-refractivity contribution in [3.8, 4) is 5.75 Å². The van der Waals surface area contributed by atoms with Crippen LogP contribution >= 0.6 is 0 Å². The molecule has 5 N–H and O–H groups in total. The fourth-order valence-corrected chi connectivity index (χ4v) is 4.11. The first-order valence-corrected chi connectivity index (χ1v) is 14.5. The van der Waals surface area contributed by atoms with Gasteiger partial charge in [-0.1, -0.05) is 52.5 Å². The maximum atomic E-state index is 12.6. The highest BCUT2D eigenvalue weighted by Gasteiger charge is 2.32. The van der Waals surface area contributed by atoms with Crippen LogP contribution in [0.3, 0.4) is 0 Å². The number of hydrogen-bond acceptors (Lipinski definition) is 7. The number of carbonyl (C=O) groups excluding carboxylic acids is 4. The summed E-state index contributed by atoms with van der Waals surface area (Å²) >= 11 is 0. The third kappa shape index (κ3) is 13.8. The van der Waals surface area contributed by atoms with E-state index < -0.39 is 41.6 Å². The molecule has 4 amide bonds. The fraction of sp³-hybridized carbons (Fsp3) is 0.613. The van der Waals surface area contributed by atoms with E-state index in [0.29, 0.717) is 31.9 Å². The SMILES string of the molecule is C=CCOc1cccc(CC(C)C)c1.CC(NC(=O)C(NC(=O)OC(C)(C)C)C(C)C)C(=O)N1CCCC(C(N)=O)N1. The van der Waals surface area contributed by atoms with Crippen molar-refractivity contribution in [1.82, 2.24) is 21.1 Å². The van der Waals surface area contributed by atoms with Crippen molar-refractivity contribution in [2.24, 2.45) is 17.6 Å². The largest absolute Gasteiger partial charge is 0.490 e. The maximum Gasteiger partial charge on any atom is 0.408 e. The molecule has 3 atom stereocenters. The molecule has 1 fully saturated rings. The predicted molar refractivity (Wildman–Crippen MR) is 163 cm³/mol. The summed E-state index contributed by atoms with van der Waals surface area (Å²) in [5.41, 5.74) is 8.72. The van der Waals surface area contributed by atoms with Gasteiger partial charge in [0.15, 0.2) is 0 Å². The van der Waals surface area contributed by atoms with Gasteiger partial charge >= 0.3 is 6.09 Å². The Kier molecular flexibility index (Phi) is 15.1. The molecular weight excluding hydrogens is 538 g/mol. The van der Waals surface area contributed by atoms with Gasteiger partial charge in [0.1, 0.15) is 36.1 Å². The second kappa shape index (κ2) is 17.4. The molecule has 0 radical (unpaired) electrons. The van der Waals surface area contributed by atoms with Gasteiger partial charge in [-0.15, -0.1) is 0 Å². The molecule has 1 aliphatic heterocycles. The third-order valence-corrected chi connectivity index (χ3v) is 6.06. The summed E-state index contributed by atoms with van der Waals surface area (Å²) in [6.07, 6.45) is 3.33. The van der Waals surface area contributed by atoms with Crippen molar-refractivity contribution in [3.63, 3.8) is 0 Å². The molecular formula is C31H51N5O6. The Hall–Kier alpha value is -3.60. The van der Waals surface area contributed by atoms with Gasteiger partial charge in [-0.25, -0.2) is 10.2 Å².